The maximum absolute atomic E-state index is 12.1. The van der Waals surface area contributed by atoms with Gasteiger partial charge >= 0.3 is 0 Å². The predicted molar refractivity (Wildman–Crippen MR) is 62.9 cm³/mol. The minimum Gasteiger partial charge on any atom is -0.496 e. The first-order valence-electron chi connectivity index (χ1n) is 5.68. The Bertz CT molecular complexity index is 370. The second-order valence-corrected chi connectivity index (χ2v) is 4.19. The molecule has 0 spiro atoms. The van der Waals surface area contributed by atoms with Crippen molar-refractivity contribution in [1.29, 1.82) is 0 Å². The van der Waals surface area contributed by atoms with Gasteiger partial charge in [-0.2, -0.15) is 0 Å². The number of carbonyl (C=O) groups excluding carboxylic acids is 1. The van der Waals surface area contributed by atoms with E-state index in [-0.39, 0.29) is 5.78 Å². The molecule has 16 heavy (non-hydrogen) atoms. The van der Waals surface area contributed by atoms with Gasteiger partial charge in [-0.25, -0.2) is 0 Å². The number of hydrogen-bond donors (Lipinski definition) is 1. The Morgan fingerprint density at radius 1 is 1.50 bits per heavy atom. The molecule has 0 amide bonds. The van der Waals surface area contributed by atoms with Crippen molar-refractivity contribution in [3.8, 4) is 5.75 Å². The van der Waals surface area contributed by atoms with Crippen molar-refractivity contribution in [2.24, 2.45) is 5.92 Å². The summed E-state index contributed by atoms with van der Waals surface area (Å²) >= 11 is 0. The van der Waals surface area contributed by atoms with Crippen LogP contribution in [-0.4, -0.2) is 26.0 Å². The zero-order chi connectivity index (χ0) is 11.4. The molecule has 3 heteroatoms. The molecule has 2 rings (SSSR count). The van der Waals surface area contributed by atoms with Crippen LogP contribution in [0.5, 0.6) is 5.75 Å². The van der Waals surface area contributed by atoms with Gasteiger partial charge in [-0.3, -0.25) is 4.79 Å². The van der Waals surface area contributed by atoms with Crippen LogP contribution in [0.2, 0.25) is 0 Å². The highest BCUT2D eigenvalue weighted by molar-refractivity contribution is 5.98. The van der Waals surface area contributed by atoms with E-state index in [0.717, 1.165) is 19.5 Å². The molecule has 3 nitrogen and oxygen atoms in total. The van der Waals surface area contributed by atoms with Gasteiger partial charge in [0.15, 0.2) is 5.78 Å². The molecule has 0 saturated carbocycles. The van der Waals surface area contributed by atoms with Crippen molar-refractivity contribution >= 4 is 5.78 Å². The van der Waals surface area contributed by atoms with Crippen LogP contribution in [0, 0.1) is 5.92 Å². The lowest BCUT2D eigenvalue weighted by Gasteiger charge is -2.10. The Hall–Kier alpha value is -1.35. The molecule has 0 aromatic heterocycles. The average molecular weight is 219 g/mol. The number of hydrogen-bond acceptors (Lipinski definition) is 3. The van der Waals surface area contributed by atoms with E-state index in [1.807, 2.05) is 24.3 Å². The number of ether oxygens (including phenoxy) is 1. The summed E-state index contributed by atoms with van der Waals surface area (Å²) in [7, 11) is 1.60. The van der Waals surface area contributed by atoms with Gasteiger partial charge in [0.25, 0.3) is 0 Å². The molecule has 1 aromatic rings. The number of benzene rings is 1. The van der Waals surface area contributed by atoms with Crippen LogP contribution in [0.1, 0.15) is 23.2 Å². The number of methoxy groups -OCH3 is 1. The average Bonchev–Trinajstić information content (AvgIpc) is 2.81. The lowest BCUT2D eigenvalue weighted by Crippen LogP contribution is -2.13. The molecule has 1 aliphatic heterocycles. The van der Waals surface area contributed by atoms with Crippen molar-refractivity contribution < 1.29 is 9.53 Å². The molecule has 1 atom stereocenters. The molecule has 1 saturated heterocycles. The third-order valence-corrected chi connectivity index (χ3v) is 3.04. The van der Waals surface area contributed by atoms with Gasteiger partial charge in [-0.05, 0) is 37.6 Å². The summed E-state index contributed by atoms with van der Waals surface area (Å²) in [5.41, 5.74) is 0.705. The summed E-state index contributed by atoms with van der Waals surface area (Å²) in [6, 6.07) is 7.43. The Morgan fingerprint density at radius 3 is 3.00 bits per heavy atom. The fourth-order valence-corrected chi connectivity index (χ4v) is 2.14. The van der Waals surface area contributed by atoms with E-state index in [1.165, 1.54) is 0 Å². The predicted octanol–water partition coefficient (Wildman–Crippen LogP) is 1.88. The molecule has 1 fully saturated rings. The lowest BCUT2D eigenvalue weighted by molar-refractivity contribution is 0.0961. The van der Waals surface area contributed by atoms with Gasteiger partial charge < -0.3 is 10.1 Å². The largest absolute Gasteiger partial charge is 0.496 e. The fourth-order valence-electron chi connectivity index (χ4n) is 2.14. The number of rotatable bonds is 4. The van der Waals surface area contributed by atoms with E-state index in [0.29, 0.717) is 23.7 Å². The van der Waals surface area contributed by atoms with Crippen LogP contribution < -0.4 is 10.1 Å². The van der Waals surface area contributed by atoms with E-state index in [1.54, 1.807) is 7.11 Å². The summed E-state index contributed by atoms with van der Waals surface area (Å²) < 4.78 is 5.19. The minimum atomic E-state index is 0.186. The molecule has 0 radical (unpaired) electrons. The van der Waals surface area contributed by atoms with E-state index in [9.17, 15) is 4.79 Å². The summed E-state index contributed by atoms with van der Waals surface area (Å²) in [5, 5.41) is 3.27. The third kappa shape index (κ3) is 2.42. The molecule has 0 bridgehead atoms. The van der Waals surface area contributed by atoms with Crippen molar-refractivity contribution in [2.45, 2.75) is 12.8 Å². The van der Waals surface area contributed by atoms with Gasteiger partial charge in [-0.15, -0.1) is 0 Å². The smallest absolute Gasteiger partial charge is 0.166 e. The summed E-state index contributed by atoms with van der Waals surface area (Å²) in [6.07, 6.45) is 1.72. The molecule has 1 aromatic carbocycles. The Morgan fingerprint density at radius 2 is 2.31 bits per heavy atom. The zero-order valence-corrected chi connectivity index (χ0v) is 9.53. The standard InChI is InChI=1S/C13H17NO2/c1-16-13-5-3-2-4-11(13)12(15)8-10-6-7-14-9-10/h2-5,10,14H,6-9H2,1H3. The summed E-state index contributed by atoms with van der Waals surface area (Å²) in [4.78, 5) is 12.1. The van der Waals surface area contributed by atoms with Crippen LogP contribution in [0.4, 0.5) is 0 Å². The van der Waals surface area contributed by atoms with Crippen LogP contribution in [0.3, 0.4) is 0 Å². The molecule has 1 aliphatic rings. The number of nitrogens with one attached hydrogen (secondary N) is 1. The maximum Gasteiger partial charge on any atom is 0.166 e. The first-order chi connectivity index (χ1) is 7.81. The Labute approximate surface area is 95.8 Å². The van der Waals surface area contributed by atoms with Gasteiger partial charge in [-0.1, -0.05) is 12.1 Å². The highest BCUT2D eigenvalue weighted by atomic mass is 16.5. The van der Waals surface area contributed by atoms with E-state index in [4.69, 9.17) is 4.74 Å². The molecule has 1 unspecified atom stereocenters. The van der Waals surface area contributed by atoms with Crippen LogP contribution in [0.25, 0.3) is 0 Å². The lowest BCUT2D eigenvalue weighted by atomic mass is 9.97. The zero-order valence-electron chi connectivity index (χ0n) is 9.53. The van der Waals surface area contributed by atoms with Crippen LogP contribution >= 0.6 is 0 Å². The highest BCUT2D eigenvalue weighted by Crippen LogP contribution is 2.22. The third-order valence-electron chi connectivity index (χ3n) is 3.04. The SMILES string of the molecule is COc1ccccc1C(=O)CC1CCNC1. The van der Waals surface area contributed by atoms with Crippen LogP contribution in [-0.2, 0) is 0 Å². The Kier molecular flexibility index (Phi) is 3.57. The molecular weight excluding hydrogens is 202 g/mol. The van der Waals surface area contributed by atoms with Gasteiger partial charge in [0.05, 0.1) is 12.7 Å². The maximum atomic E-state index is 12.1. The van der Waals surface area contributed by atoms with Crippen LogP contribution in [0.15, 0.2) is 24.3 Å². The fraction of sp³-hybridized carbons (Fsp3) is 0.462. The quantitative estimate of drug-likeness (QED) is 0.786. The monoisotopic (exact) mass is 219 g/mol. The van der Waals surface area contributed by atoms with E-state index >= 15 is 0 Å². The summed E-state index contributed by atoms with van der Waals surface area (Å²) in [5.74, 6) is 1.35. The minimum absolute atomic E-state index is 0.186. The summed E-state index contributed by atoms with van der Waals surface area (Å²) in [6.45, 7) is 1.99. The molecule has 1 N–H and O–H groups in total. The normalized spacial score (nSPS) is 19.7. The second-order valence-electron chi connectivity index (χ2n) is 4.19. The van der Waals surface area contributed by atoms with Crippen molar-refractivity contribution in [3.05, 3.63) is 29.8 Å². The molecule has 1 heterocycles. The molecule has 0 aliphatic carbocycles. The van der Waals surface area contributed by atoms with Gasteiger partial charge in [0.1, 0.15) is 5.75 Å². The molecular formula is C13H17NO2. The first kappa shape index (κ1) is 11.1. The van der Waals surface area contributed by atoms with E-state index in [2.05, 4.69) is 5.32 Å². The number of Topliss-reactive ketones (excluding diaryl/α,β-unsaturated/α-hetero) is 1. The van der Waals surface area contributed by atoms with Crippen molar-refractivity contribution in [2.75, 3.05) is 20.2 Å². The first-order valence-corrected chi connectivity index (χ1v) is 5.68. The number of ketones is 1. The second kappa shape index (κ2) is 5.12. The number of para-hydroxylation sites is 1. The van der Waals surface area contributed by atoms with E-state index < -0.39 is 0 Å². The number of carbonyl (C=O) groups is 1. The van der Waals surface area contributed by atoms with Crippen molar-refractivity contribution in [1.82, 2.24) is 5.32 Å². The molecule has 86 valence electrons. The van der Waals surface area contributed by atoms with Gasteiger partial charge in [0.2, 0.25) is 0 Å². The van der Waals surface area contributed by atoms with Gasteiger partial charge in [0, 0.05) is 6.42 Å². The van der Waals surface area contributed by atoms with Crippen molar-refractivity contribution in [3.63, 3.8) is 0 Å². The topological polar surface area (TPSA) is 38.3 Å². The Balaban J connectivity index is 2.07. The highest BCUT2D eigenvalue weighted by Gasteiger charge is 2.20.